The van der Waals surface area contributed by atoms with Gasteiger partial charge in [0.25, 0.3) is 0 Å². The van der Waals surface area contributed by atoms with Crippen molar-refractivity contribution in [1.29, 1.82) is 0 Å². The van der Waals surface area contributed by atoms with Crippen LogP contribution in [0.4, 0.5) is 0 Å². The first-order valence-electron chi connectivity index (χ1n) is 7.92. The number of hydrogen-bond donors (Lipinski definition) is 1. The van der Waals surface area contributed by atoms with Crippen molar-refractivity contribution >= 4 is 0 Å². The lowest BCUT2D eigenvalue weighted by Gasteiger charge is -2.23. The van der Waals surface area contributed by atoms with Gasteiger partial charge in [0.15, 0.2) is 0 Å². The highest BCUT2D eigenvalue weighted by Gasteiger charge is 2.47. The molecule has 0 spiro atoms. The second kappa shape index (κ2) is 6.08. The highest BCUT2D eigenvalue weighted by atomic mass is 15.3. The molecule has 1 unspecified atom stereocenters. The van der Waals surface area contributed by atoms with Gasteiger partial charge in [-0.05, 0) is 57.1 Å². The molecule has 1 aromatic rings. The van der Waals surface area contributed by atoms with Gasteiger partial charge in [-0.3, -0.25) is 4.68 Å². The number of aromatic nitrogens is 2. The van der Waals surface area contributed by atoms with Crippen molar-refractivity contribution in [1.82, 2.24) is 15.1 Å². The maximum absolute atomic E-state index is 4.81. The average molecular weight is 263 g/mol. The zero-order chi connectivity index (χ0) is 13.9. The Kier molecular flexibility index (Phi) is 4.67. The van der Waals surface area contributed by atoms with E-state index in [2.05, 4.69) is 50.0 Å². The Morgan fingerprint density at radius 3 is 2.53 bits per heavy atom. The molecule has 108 valence electrons. The minimum absolute atomic E-state index is 0.475. The fourth-order valence-corrected chi connectivity index (χ4v) is 3.14. The summed E-state index contributed by atoms with van der Waals surface area (Å²) in [5, 5.41) is 8.39. The summed E-state index contributed by atoms with van der Waals surface area (Å²) in [5.74, 6) is 0. The Morgan fingerprint density at radius 1 is 1.32 bits per heavy atom. The predicted octanol–water partition coefficient (Wildman–Crippen LogP) is 3.56. The van der Waals surface area contributed by atoms with Crippen molar-refractivity contribution < 1.29 is 0 Å². The number of rotatable bonds is 8. The Balaban J connectivity index is 2.00. The summed E-state index contributed by atoms with van der Waals surface area (Å²) in [4.78, 5) is 0. The van der Waals surface area contributed by atoms with Crippen molar-refractivity contribution in [2.75, 3.05) is 6.54 Å². The van der Waals surface area contributed by atoms with Crippen LogP contribution in [0.25, 0.3) is 0 Å². The van der Waals surface area contributed by atoms with Gasteiger partial charge in [-0.25, -0.2) is 0 Å². The normalized spacial score (nSPS) is 18.8. The standard InChI is InChI=1S/C16H29N3/c1-5-15(6-2)19-11-8-14(18-19)12-16(9-10-16)13(4)17-7-3/h8,11,13,15,17H,5-7,9-10,12H2,1-4H3. The van der Waals surface area contributed by atoms with Crippen LogP contribution >= 0.6 is 0 Å². The molecule has 0 amide bonds. The van der Waals surface area contributed by atoms with Crippen molar-refractivity contribution in [3.63, 3.8) is 0 Å². The molecular weight excluding hydrogens is 234 g/mol. The van der Waals surface area contributed by atoms with E-state index in [4.69, 9.17) is 5.10 Å². The Bertz CT molecular complexity index is 388. The van der Waals surface area contributed by atoms with Gasteiger partial charge in [-0.15, -0.1) is 0 Å². The molecule has 0 radical (unpaired) electrons. The van der Waals surface area contributed by atoms with Crippen LogP contribution < -0.4 is 5.32 Å². The summed E-state index contributed by atoms with van der Waals surface area (Å²) in [5.41, 5.74) is 1.75. The first-order valence-corrected chi connectivity index (χ1v) is 7.92. The minimum Gasteiger partial charge on any atom is -0.314 e. The van der Waals surface area contributed by atoms with E-state index < -0.39 is 0 Å². The molecule has 1 aliphatic carbocycles. The molecule has 1 saturated carbocycles. The van der Waals surface area contributed by atoms with E-state index in [1.807, 2.05) is 0 Å². The fraction of sp³-hybridized carbons (Fsp3) is 0.812. The lowest BCUT2D eigenvalue weighted by Crippen LogP contribution is -2.36. The van der Waals surface area contributed by atoms with Gasteiger partial charge in [-0.2, -0.15) is 5.10 Å². The van der Waals surface area contributed by atoms with E-state index in [0.29, 0.717) is 17.5 Å². The molecule has 1 atom stereocenters. The first-order chi connectivity index (χ1) is 9.15. The Morgan fingerprint density at radius 2 is 2.00 bits per heavy atom. The van der Waals surface area contributed by atoms with Crippen molar-refractivity contribution in [3.05, 3.63) is 18.0 Å². The molecule has 19 heavy (non-hydrogen) atoms. The number of hydrogen-bond acceptors (Lipinski definition) is 2. The average Bonchev–Trinajstić information content (AvgIpc) is 3.04. The third-order valence-corrected chi connectivity index (χ3v) is 4.83. The van der Waals surface area contributed by atoms with Crippen LogP contribution in [0.5, 0.6) is 0 Å². The summed E-state index contributed by atoms with van der Waals surface area (Å²) >= 11 is 0. The van der Waals surface area contributed by atoms with Crippen LogP contribution in [0, 0.1) is 5.41 Å². The van der Waals surface area contributed by atoms with E-state index in [1.165, 1.54) is 18.5 Å². The third-order valence-electron chi connectivity index (χ3n) is 4.83. The lowest BCUT2D eigenvalue weighted by atomic mass is 9.92. The quantitative estimate of drug-likeness (QED) is 0.777. The Labute approximate surface area is 117 Å². The minimum atomic E-state index is 0.475. The molecule has 0 saturated heterocycles. The molecule has 2 rings (SSSR count). The van der Waals surface area contributed by atoms with E-state index in [0.717, 1.165) is 25.8 Å². The van der Waals surface area contributed by atoms with E-state index >= 15 is 0 Å². The van der Waals surface area contributed by atoms with Gasteiger partial charge in [0.05, 0.1) is 11.7 Å². The maximum atomic E-state index is 4.81. The highest BCUT2D eigenvalue weighted by molar-refractivity contribution is 5.11. The molecule has 1 aliphatic rings. The molecule has 0 bridgehead atoms. The zero-order valence-corrected chi connectivity index (χ0v) is 12.9. The molecule has 1 N–H and O–H groups in total. The van der Waals surface area contributed by atoms with Crippen LogP contribution in [0.15, 0.2) is 12.3 Å². The molecule has 1 heterocycles. The summed E-state index contributed by atoms with van der Waals surface area (Å²) in [7, 11) is 0. The van der Waals surface area contributed by atoms with Gasteiger partial charge in [-0.1, -0.05) is 20.8 Å². The second-order valence-corrected chi connectivity index (χ2v) is 6.08. The smallest absolute Gasteiger partial charge is 0.0630 e. The molecule has 0 aromatic carbocycles. The third kappa shape index (κ3) is 3.19. The van der Waals surface area contributed by atoms with Crippen LogP contribution in [-0.4, -0.2) is 22.4 Å². The van der Waals surface area contributed by atoms with Crippen molar-refractivity contribution in [3.8, 4) is 0 Å². The molecular formula is C16H29N3. The van der Waals surface area contributed by atoms with Crippen LogP contribution in [0.2, 0.25) is 0 Å². The number of nitrogens with zero attached hydrogens (tertiary/aromatic N) is 2. The summed E-state index contributed by atoms with van der Waals surface area (Å²) in [6, 6.07) is 3.39. The predicted molar refractivity (Wildman–Crippen MR) is 80.4 cm³/mol. The van der Waals surface area contributed by atoms with Gasteiger partial charge < -0.3 is 5.32 Å². The van der Waals surface area contributed by atoms with Crippen molar-refractivity contribution in [2.24, 2.45) is 5.41 Å². The van der Waals surface area contributed by atoms with E-state index in [-0.39, 0.29) is 0 Å². The monoisotopic (exact) mass is 263 g/mol. The van der Waals surface area contributed by atoms with E-state index in [9.17, 15) is 0 Å². The highest BCUT2D eigenvalue weighted by Crippen LogP contribution is 2.51. The largest absolute Gasteiger partial charge is 0.314 e. The Hall–Kier alpha value is -0.830. The lowest BCUT2D eigenvalue weighted by molar-refractivity contribution is 0.348. The second-order valence-electron chi connectivity index (χ2n) is 6.08. The molecule has 0 aliphatic heterocycles. The number of nitrogens with one attached hydrogen (secondary N) is 1. The van der Waals surface area contributed by atoms with Crippen molar-refractivity contribution in [2.45, 2.75) is 71.9 Å². The molecule has 1 aromatic heterocycles. The van der Waals surface area contributed by atoms with E-state index in [1.54, 1.807) is 0 Å². The maximum Gasteiger partial charge on any atom is 0.0630 e. The molecule has 3 nitrogen and oxygen atoms in total. The SMILES string of the molecule is CCNC(C)C1(Cc2ccn(C(CC)CC)n2)CC1. The van der Waals surface area contributed by atoms with Gasteiger partial charge in [0, 0.05) is 12.2 Å². The summed E-state index contributed by atoms with van der Waals surface area (Å²) in [6.45, 7) is 10.1. The van der Waals surface area contributed by atoms with Gasteiger partial charge >= 0.3 is 0 Å². The molecule has 1 fully saturated rings. The molecule has 3 heteroatoms. The van der Waals surface area contributed by atoms with Crippen LogP contribution in [0.1, 0.15) is 65.1 Å². The van der Waals surface area contributed by atoms with Crippen LogP contribution in [0.3, 0.4) is 0 Å². The summed E-state index contributed by atoms with van der Waals surface area (Å²) < 4.78 is 2.17. The summed E-state index contributed by atoms with van der Waals surface area (Å²) in [6.07, 6.45) is 8.32. The van der Waals surface area contributed by atoms with Gasteiger partial charge in [0.1, 0.15) is 0 Å². The fourth-order valence-electron chi connectivity index (χ4n) is 3.14. The first kappa shape index (κ1) is 14.6. The van der Waals surface area contributed by atoms with Gasteiger partial charge in [0.2, 0.25) is 0 Å². The topological polar surface area (TPSA) is 29.9 Å². The zero-order valence-electron chi connectivity index (χ0n) is 12.9. The van der Waals surface area contributed by atoms with Crippen LogP contribution in [-0.2, 0) is 6.42 Å².